The molecule has 3 N–H and O–H groups in total. The first-order chi connectivity index (χ1) is 15.2. The minimum Gasteiger partial charge on any atom is -0.504 e. The summed E-state index contributed by atoms with van der Waals surface area (Å²) in [5, 5.41) is 15.4. The molecule has 0 unspecified atom stereocenters. The predicted molar refractivity (Wildman–Crippen MR) is 124 cm³/mol. The Morgan fingerprint density at radius 2 is 1.75 bits per heavy atom. The summed E-state index contributed by atoms with van der Waals surface area (Å²) >= 11 is 0. The van der Waals surface area contributed by atoms with Crippen molar-refractivity contribution in [2.45, 2.75) is 72.1 Å². The van der Waals surface area contributed by atoms with E-state index in [1.165, 1.54) is 13.2 Å². The Morgan fingerprint density at radius 3 is 2.31 bits per heavy atom. The fourth-order valence-corrected chi connectivity index (χ4v) is 3.92. The van der Waals surface area contributed by atoms with Gasteiger partial charge in [-0.3, -0.25) is 0 Å². The summed E-state index contributed by atoms with van der Waals surface area (Å²) in [5.74, 6) is 1.38. The minimum atomic E-state index is -0.257. The number of ether oxygens (including phenoxy) is 2. The van der Waals surface area contributed by atoms with E-state index in [1.54, 1.807) is 17.0 Å². The highest BCUT2D eigenvalue weighted by Crippen LogP contribution is 2.26. The molecule has 0 spiro atoms. The molecule has 8 nitrogen and oxygen atoms in total. The Morgan fingerprint density at radius 1 is 1.12 bits per heavy atom. The molecule has 0 saturated carbocycles. The molecule has 1 fully saturated rings. The van der Waals surface area contributed by atoms with E-state index in [-0.39, 0.29) is 30.0 Å². The Labute approximate surface area is 191 Å². The summed E-state index contributed by atoms with van der Waals surface area (Å²) in [4.78, 5) is 26.6. The number of benzene rings is 1. The van der Waals surface area contributed by atoms with E-state index in [2.05, 4.69) is 38.3 Å². The number of piperidine rings is 1. The zero-order valence-corrected chi connectivity index (χ0v) is 20.0. The second kappa shape index (κ2) is 12.4. The van der Waals surface area contributed by atoms with Crippen LogP contribution in [0.2, 0.25) is 0 Å². The van der Waals surface area contributed by atoms with E-state index < -0.39 is 0 Å². The van der Waals surface area contributed by atoms with Crippen LogP contribution >= 0.6 is 0 Å². The zero-order valence-electron chi connectivity index (χ0n) is 20.0. The van der Waals surface area contributed by atoms with Gasteiger partial charge in [-0.1, -0.05) is 33.8 Å². The fraction of sp³-hybridized carbons (Fsp3) is 0.667. The summed E-state index contributed by atoms with van der Waals surface area (Å²) in [7, 11) is 1.48. The molecule has 0 aliphatic carbocycles. The highest BCUT2D eigenvalue weighted by Gasteiger charge is 2.27. The number of carbonyl (C=O) groups is 2. The number of rotatable bonds is 9. The lowest BCUT2D eigenvalue weighted by atomic mass is 9.98. The quantitative estimate of drug-likeness (QED) is 0.523. The minimum absolute atomic E-state index is 0.00975. The lowest BCUT2D eigenvalue weighted by molar-refractivity contribution is 0.0382. The van der Waals surface area contributed by atoms with Gasteiger partial charge in [0.1, 0.15) is 6.10 Å². The van der Waals surface area contributed by atoms with Crippen molar-refractivity contribution in [3.63, 3.8) is 0 Å². The van der Waals surface area contributed by atoms with Crippen LogP contribution in [0.4, 0.5) is 9.59 Å². The number of hydrogen-bond donors (Lipinski definition) is 3. The first kappa shape index (κ1) is 25.6. The average Bonchev–Trinajstić information content (AvgIpc) is 2.72. The smallest absolute Gasteiger partial charge is 0.410 e. The number of phenols is 1. The van der Waals surface area contributed by atoms with Gasteiger partial charge in [-0.15, -0.1) is 0 Å². The van der Waals surface area contributed by atoms with Gasteiger partial charge in [0.05, 0.1) is 7.11 Å². The lowest BCUT2D eigenvalue weighted by Gasteiger charge is -2.33. The summed E-state index contributed by atoms with van der Waals surface area (Å²) in [5.41, 5.74) is 0.824. The number of likely N-dealkylation sites (tertiary alicyclic amines) is 1. The maximum Gasteiger partial charge on any atom is 0.410 e. The number of urea groups is 1. The third kappa shape index (κ3) is 8.48. The van der Waals surface area contributed by atoms with E-state index in [0.717, 1.165) is 18.4 Å². The predicted octanol–water partition coefficient (Wildman–Crippen LogP) is 4.26. The van der Waals surface area contributed by atoms with Crippen LogP contribution in [-0.2, 0) is 11.3 Å². The molecule has 180 valence electrons. The molecule has 1 aliphatic heterocycles. The van der Waals surface area contributed by atoms with Gasteiger partial charge in [0, 0.05) is 25.7 Å². The maximum absolute atomic E-state index is 12.6. The molecule has 2 rings (SSSR count). The van der Waals surface area contributed by atoms with Gasteiger partial charge in [-0.05, 0) is 55.2 Å². The summed E-state index contributed by atoms with van der Waals surface area (Å²) in [6, 6.07) is 4.71. The van der Waals surface area contributed by atoms with Gasteiger partial charge in [-0.25, -0.2) is 9.59 Å². The molecule has 1 saturated heterocycles. The van der Waals surface area contributed by atoms with E-state index in [0.29, 0.717) is 50.1 Å². The molecule has 0 aromatic heterocycles. The number of hydrogen-bond acceptors (Lipinski definition) is 5. The van der Waals surface area contributed by atoms with Crippen LogP contribution in [0, 0.1) is 11.8 Å². The second-order valence-corrected chi connectivity index (χ2v) is 9.36. The van der Waals surface area contributed by atoms with Gasteiger partial charge in [0.15, 0.2) is 11.5 Å². The lowest BCUT2D eigenvalue weighted by Crippen LogP contribution is -2.49. The Bertz CT molecular complexity index is 735. The van der Waals surface area contributed by atoms with Crippen molar-refractivity contribution in [1.82, 2.24) is 15.5 Å². The molecule has 3 amide bonds. The highest BCUT2D eigenvalue weighted by molar-refractivity contribution is 5.74. The van der Waals surface area contributed by atoms with Gasteiger partial charge in [-0.2, -0.15) is 0 Å². The topological polar surface area (TPSA) is 100 Å². The Balaban J connectivity index is 1.74. The molecule has 0 atom stereocenters. The van der Waals surface area contributed by atoms with Crippen molar-refractivity contribution in [1.29, 1.82) is 0 Å². The number of nitrogens with one attached hydrogen (secondary N) is 2. The first-order valence-electron chi connectivity index (χ1n) is 11.5. The van der Waals surface area contributed by atoms with Crippen LogP contribution in [0.3, 0.4) is 0 Å². The Kier molecular flexibility index (Phi) is 9.94. The van der Waals surface area contributed by atoms with Crippen LogP contribution in [0.15, 0.2) is 18.2 Å². The van der Waals surface area contributed by atoms with Gasteiger partial charge >= 0.3 is 12.1 Å². The summed E-state index contributed by atoms with van der Waals surface area (Å²) in [6.45, 7) is 10.0. The van der Waals surface area contributed by atoms with Crippen molar-refractivity contribution in [2.24, 2.45) is 11.8 Å². The monoisotopic (exact) mass is 449 g/mol. The molecule has 1 aromatic carbocycles. The molecule has 32 heavy (non-hydrogen) atoms. The van der Waals surface area contributed by atoms with Crippen LogP contribution in [0.5, 0.6) is 11.5 Å². The normalized spacial score (nSPS) is 14.7. The molecular weight excluding hydrogens is 410 g/mol. The number of carbonyl (C=O) groups excluding carboxylic acids is 2. The molecule has 0 radical (unpaired) electrons. The number of amides is 3. The third-order valence-electron chi connectivity index (χ3n) is 5.52. The SMILES string of the molecule is COc1cc(CNC(=O)NC2CCN(C(=O)OC(CC(C)C)CC(C)C)CC2)ccc1O. The van der Waals surface area contributed by atoms with Gasteiger partial charge in [0.2, 0.25) is 0 Å². The van der Waals surface area contributed by atoms with Crippen LogP contribution in [-0.4, -0.2) is 54.5 Å². The molecule has 1 aromatic rings. The van der Waals surface area contributed by atoms with Crippen molar-refractivity contribution in [3.8, 4) is 11.5 Å². The molecular formula is C24H39N3O5. The van der Waals surface area contributed by atoms with E-state index in [9.17, 15) is 14.7 Å². The first-order valence-corrected chi connectivity index (χ1v) is 11.5. The Hall–Kier alpha value is -2.64. The van der Waals surface area contributed by atoms with Crippen molar-refractivity contribution in [3.05, 3.63) is 23.8 Å². The van der Waals surface area contributed by atoms with E-state index in [4.69, 9.17) is 9.47 Å². The molecule has 1 heterocycles. The number of aromatic hydroxyl groups is 1. The van der Waals surface area contributed by atoms with Crippen molar-refractivity contribution < 1.29 is 24.2 Å². The average molecular weight is 450 g/mol. The second-order valence-electron chi connectivity index (χ2n) is 9.36. The molecule has 1 aliphatic rings. The van der Waals surface area contributed by atoms with Gasteiger partial charge < -0.3 is 30.1 Å². The molecule has 0 bridgehead atoms. The number of methoxy groups -OCH3 is 1. The molecule has 8 heteroatoms. The largest absolute Gasteiger partial charge is 0.504 e. The van der Waals surface area contributed by atoms with Crippen LogP contribution in [0.25, 0.3) is 0 Å². The number of phenolic OH excluding ortho intramolecular Hbond substituents is 1. The van der Waals surface area contributed by atoms with Crippen LogP contribution in [0.1, 0.15) is 58.9 Å². The van der Waals surface area contributed by atoms with Gasteiger partial charge in [0.25, 0.3) is 0 Å². The van der Waals surface area contributed by atoms with Crippen molar-refractivity contribution >= 4 is 12.1 Å². The highest BCUT2D eigenvalue weighted by atomic mass is 16.6. The van der Waals surface area contributed by atoms with Crippen LogP contribution < -0.4 is 15.4 Å². The summed E-state index contributed by atoms with van der Waals surface area (Å²) < 4.78 is 10.9. The zero-order chi connectivity index (χ0) is 23.7. The van der Waals surface area contributed by atoms with Crippen molar-refractivity contribution in [2.75, 3.05) is 20.2 Å². The summed E-state index contributed by atoms with van der Waals surface area (Å²) in [6.07, 6.45) is 2.82. The fourth-order valence-electron chi connectivity index (χ4n) is 3.92. The standard InChI is InChI=1S/C24H39N3O5/c1-16(2)12-20(13-17(3)4)32-24(30)27-10-8-19(9-11-27)26-23(29)25-15-18-6-7-21(28)22(14-18)31-5/h6-7,14,16-17,19-20,28H,8-13,15H2,1-5H3,(H2,25,26,29). The third-order valence-corrected chi connectivity index (χ3v) is 5.52. The van der Waals surface area contributed by atoms with E-state index in [1.807, 2.05) is 0 Å². The number of nitrogens with zero attached hydrogens (tertiary/aromatic N) is 1. The van der Waals surface area contributed by atoms with E-state index >= 15 is 0 Å². The maximum atomic E-state index is 12.6.